The molecule has 1 heterocycles. The minimum atomic E-state index is -3.53. The fourth-order valence-electron chi connectivity index (χ4n) is 3.16. The highest BCUT2D eigenvalue weighted by Crippen LogP contribution is 2.23. The first-order chi connectivity index (χ1) is 14.7. The van der Waals surface area contributed by atoms with Crippen molar-refractivity contribution in [2.45, 2.75) is 18.7 Å². The number of benzene rings is 2. The lowest BCUT2D eigenvalue weighted by Crippen LogP contribution is -2.50. The number of aryl methyl sites for hydroxylation is 1. The summed E-state index contributed by atoms with van der Waals surface area (Å²) in [4.78, 5) is 14.5. The summed E-state index contributed by atoms with van der Waals surface area (Å²) in [5.74, 6) is -0.269. The Kier molecular flexibility index (Phi) is 7.72. The van der Waals surface area contributed by atoms with Crippen LogP contribution in [0.3, 0.4) is 0 Å². The molecule has 7 nitrogen and oxygen atoms in total. The van der Waals surface area contributed by atoms with E-state index in [1.54, 1.807) is 49.4 Å². The van der Waals surface area contributed by atoms with Crippen LogP contribution in [0.5, 0.6) is 0 Å². The zero-order valence-electron chi connectivity index (χ0n) is 17.3. The number of carbonyl (C=O) groups excluding carboxylic acids is 1. The van der Waals surface area contributed by atoms with Crippen LogP contribution >= 0.6 is 23.2 Å². The molecule has 1 amide bonds. The number of rotatable bonds is 6. The SMILES string of the molecule is C/C(=N/NC(=O)CN1CCN(S(=O)(=O)c2ccc(C)cc2)CC1)c1ccc(Cl)c(Cl)c1. The van der Waals surface area contributed by atoms with Gasteiger partial charge in [0.15, 0.2) is 0 Å². The molecule has 3 rings (SSSR count). The summed E-state index contributed by atoms with van der Waals surface area (Å²) in [6.07, 6.45) is 0. The van der Waals surface area contributed by atoms with E-state index in [0.717, 1.165) is 11.1 Å². The number of halogens is 2. The second kappa shape index (κ2) is 10.1. The Morgan fingerprint density at radius 2 is 1.68 bits per heavy atom. The van der Waals surface area contributed by atoms with Gasteiger partial charge in [-0.3, -0.25) is 9.69 Å². The molecule has 0 atom stereocenters. The number of carbonyl (C=O) groups is 1. The number of nitrogens with zero attached hydrogens (tertiary/aromatic N) is 3. The number of hydrogen-bond donors (Lipinski definition) is 1. The highest BCUT2D eigenvalue weighted by atomic mass is 35.5. The van der Waals surface area contributed by atoms with E-state index in [1.807, 2.05) is 11.8 Å². The number of sulfonamides is 1. The van der Waals surface area contributed by atoms with Crippen LogP contribution in [0.1, 0.15) is 18.1 Å². The summed E-state index contributed by atoms with van der Waals surface area (Å²) in [5.41, 5.74) is 4.89. The van der Waals surface area contributed by atoms with Crippen molar-refractivity contribution < 1.29 is 13.2 Å². The normalized spacial score (nSPS) is 16.3. The highest BCUT2D eigenvalue weighted by Gasteiger charge is 2.28. The molecule has 0 unspecified atom stereocenters. The minimum Gasteiger partial charge on any atom is -0.292 e. The van der Waals surface area contributed by atoms with Crippen molar-refractivity contribution >= 4 is 44.8 Å². The summed E-state index contributed by atoms with van der Waals surface area (Å²) < 4.78 is 27.0. The second-order valence-electron chi connectivity index (χ2n) is 7.35. The minimum absolute atomic E-state index is 0.135. The predicted molar refractivity (Wildman–Crippen MR) is 123 cm³/mol. The van der Waals surface area contributed by atoms with Crippen LogP contribution in [0.2, 0.25) is 10.0 Å². The molecule has 0 bridgehead atoms. The van der Waals surface area contributed by atoms with Gasteiger partial charge in [-0.2, -0.15) is 9.41 Å². The van der Waals surface area contributed by atoms with Crippen molar-refractivity contribution in [2.24, 2.45) is 5.10 Å². The number of amides is 1. The molecule has 1 N–H and O–H groups in total. The van der Waals surface area contributed by atoms with Crippen molar-refractivity contribution in [3.63, 3.8) is 0 Å². The summed E-state index contributed by atoms with van der Waals surface area (Å²) in [7, 11) is -3.53. The summed E-state index contributed by atoms with van der Waals surface area (Å²) in [6.45, 7) is 5.40. The van der Waals surface area contributed by atoms with Gasteiger partial charge in [0.25, 0.3) is 5.91 Å². The van der Waals surface area contributed by atoms with Gasteiger partial charge in [-0.25, -0.2) is 13.8 Å². The standard InChI is InChI=1S/C21H24Cl2N4O3S/c1-15-3-6-18(7-4-15)31(29,30)27-11-9-26(10-12-27)14-21(28)25-24-16(2)17-5-8-19(22)20(23)13-17/h3-8,13H,9-12,14H2,1-2H3,(H,25,28)/b24-16-. The van der Waals surface area contributed by atoms with Gasteiger partial charge in [0.2, 0.25) is 10.0 Å². The van der Waals surface area contributed by atoms with E-state index in [-0.39, 0.29) is 17.3 Å². The number of nitrogens with one attached hydrogen (secondary N) is 1. The quantitative estimate of drug-likeness (QED) is 0.506. The topological polar surface area (TPSA) is 82.1 Å². The van der Waals surface area contributed by atoms with Crippen molar-refractivity contribution in [2.75, 3.05) is 32.7 Å². The molecule has 0 spiro atoms. The third-order valence-electron chi connectivity index (χ3n) is 5.04. The Balaban J connectivity index is 1.51. The van der Waals surface area contributed by atoms with Crippen molar-refractivity contribution in [1.29, 1.82) is 0 Å². The Morgan fingerprint density at radius 3 is 2.29 bits per heavy atom. The molecule has 2 aromatic rings. The largest absolute Gasteiger partial charge is 0.292 e. The fourth-order valence-corrected chi connectivity index (χ4v) is 4.88. The van der Waals surface area contributed by atoms with Gasteiger partial charge >= 0.3 is 0 Å². The van der Waals surface area contributed by atoms with Crippen LogP contribution in [-0.2, 0) is 14.8 Å². The van der Waals surface area contributed by atoms with Crippen molar-refractivity contribution in [3.05, 3.63) is 63.6 Å². The van der Waals surface area contributed by atoms with Gasteiger partial charge in [0.05, 0.1) is 27.2 Å². The van der Waals surface area contributed by atoms with Gasteiger partial charge in [-0.05, 0) is 43.7 Å². The van der Waals surface area contributed by atoms with E-state index < -0.39 is 10.0 Å². The Hall–Kier alpha value is -1.97. The third-order valence-corrected chi connectivity index (χ3v) is 7.69. The Bertz CT molecular complexity index is 1080. The van der Waals surface area contributed by atoms with E-state index in [1.165, 1.54) is 4.31 Å². The van der Waals surface area contributed by atoms with E-state index in [4.69, 9.17) is 23.2 Å². The summed E-state index contributed by atoms with van der Waals surface area (Å²) in [6, 6.07) is 11.9. The smallest absolute Gasteiger partial charge is 0.254 e. The first kappa shape index (κ1) is 23.7. The van der Waals surface area contributed by atoms with Crippen molar-refractivity contribution in [1.82, 2.24) is 14.6 Å². The molecule has 0 aliphatic carbocycles. The van der Waals surface area contributed by atoms with Crippen LogP contribution < -0.4 is 5.43 Å². The van der Waals surface area contributed by atoms with Gasteiger partial charge in [0.1, 0.15) is 0 Å². The Labute approximate surface area is 192 Å². The molecule has 1 aliphatic heterocycles. The van der Waals surface area contributed by atoms with Crippen LogP contribution in [-0.4, -0.2) is 62.0 Å². The lowest BCUT2D eigenvalue weighted by atomic mass is 10.1. The van der Waals surface area contributed by atoms with Crippen LogP contribution in [0, 0.1) is 6.92 Å². The lowest BCUT2D eigenvalue weighted by Gasteiger charge is -2.33. The van der Waals surface area contributed by atoms with Gasteiger partial charge < -0.3 is 0 Å². The first-order valence-corrected chi connectivity index (χ1v) is 11.9. The molecule has 0 saturated carbocycles. The summed E-state index contributed by atoms with van der Waals surface area (Å²) >= 11 is 11.9. The number of hydrogen-bond acceptors (Lipinski definition) is 5. The molecule has 0 radical (unpaired) electrons. The van der Waals surface area contributed by atoms with E-state index in [9.17, 15) is 13.2 Å². The highest BCUT2D eigenvalue weighted by molar-refractivity contribution is 7.89. The predicted octanol–water partition coefficient (Wildman–Crippen LogP) is 3.15. The van der Waals surface area contributed by atoms with E-state index in [2.05, 4.69) is 10.5 Å². The fraction of sp³-hybridized carbons (Fsp3) is 0.333. The average molecular weight is 483 g/mol. The molecule has 1 fully saturated rings. The van der Waals surface area contributed by atoms with Crippen LogP contribution in [0.15, 0.2) is 52.5 Å². The molecule has 10 heteroatoms. The zero-order chi connectivity index (χ0) is 22.6. The molecular formula is C21H24Cl2N4O3S. The molecule has 1 saturated heterocycles. The van der Waals surface area contributed by atoms with E-state index in [0.29, 0.717) is 41.9 Å². The maximum atomic E-state index is 12.8. The van der Waals surface area contributed by atoms with Crippen molar-refractivity contribution in [3.8, 4) is 0 Å². The van der Waals surface area contributed by atoms with Gasteiger partial charge in [-0.1, -0.05) is 47.0 Å². The number of hydrazone groups is 1. The summed E-state index contributed by atoms with van der Waals surface area (Å²) in [5, 5.41) is 4.98. The van der Waals surface area contributed by atoms with Crippen LogP contribution in [0.25, 0.3) is 0 Å². The molecule has 31 heavy (non-hydrogen) atoms. The number of piperazine rings is 1. The zero-order valence-corrected chi connectivity index (χ0v) is 19.6. The van der Waals surface area contributed by atoms with E-state index >= 15 is 0 Å². The first-order valence-electron chi connectivity index (χ1n) is 9.74. The molecule has 1 aliphatic rings. The monoisotopic (exact) mass is 482 g/mol. The average Bonchev–Trinajstić information content (AvgIpc) is 2.74. The van der Waals surface area contributed by atoms with Gasteiger partial charge in [-0.15, -0.1) is 0 Å². The maximum absolute atomic E-state index is 12.8. The molecule has 2 aromatic carbocycles. The second-order valence-corrected chi connectivity index (χ2v) is 10.1. The molecule has 166 valence electrons. The Morgan fingerprint density at radius 1 is 1.03 bits per heavy atom. The molecule has 0 aromatic heterocycles. The third kappa shape index (κ3) is 6.05. The van der Waals surface area contributed by atoms with Gasteiger partial charge in [0, 0.05) is 26.2 Å². The maximum Gasteiger partial charge on any atom is 0.254 e. The molecular weight excluding hydrogens is 459 g/mol. The lowest BCUT2D eigenvalue weighted by molar-refractivity contribution is -0.122. The van der Waals surface area contributed by atoms with Crippen LogP contribution in [0.4, 0.5) is 0 Å².